The van der Waals surface area contributed by atoms with Gasteiger partial charge in [-0.2, -0.15) is 0 Å². The zero-order valence-corrected chi connectivity index (χ0v) is 21.4. The summed E-state index contributed by atoms with van der Waals surface area (Å²) < 4.78 is 19.7. The van der Waals surface area contributed by atoms with Crippen molar-refractivity contribution >= 4 is 8.32 Å². The summed E-state index contributed by atoms with van der Waals surface area (Å²) in [6, 6.07) is 0. The molecule has 0 aromatic rings. The van der Waals surface area contributed by atoms with Crippen LogP contribution in [0.3, 0.4) is 0 Å². The van der Waals surface area contributed by atoms with Crippen LogP contribution in [0.5, 0.6) is 0 Å². The van der Waals surface area contributed by atoms with Crippen molar-refractivity contribution in [3.05, 3.63) is 12.7 Å². The van der Waals surface area contributed by atoms with Gasteiger partial charge in [0.05, 0.1) is 12.2 Å². The topological polar surface area (TPSA) is 27.7 Å². The first-order chi connectivity index (χ1) is 13.5. The second-order valence-corrected chi connectivity index (χ2v) is 16.1. The minimum atomic E-state index is -1.65. The van der Waals surface area contributed by atoms with Crippen molar-refractivity contribution in [2.45, 2.75) is 129 Å². The molecule has 0 amide bonds. The highest BCUT2D eigenvalue weighted by Gasteiger charge is 2.44. The minimum absolute atomic E-state index is 0.278. The highest BCUT2D eigenvalue weighted by Crippen LogP contribution is 2.43. The SMILES string of the molecule is C=C[C@@H](C)CC[C@@H]1CCC[C@]2(CCC(C)[C@@H](CCCO[Si](C)(C)C(C)(C)C)O2)O1. The van der Waals surface area contributed by atoms with Crippen LogP contribution in [0, 0.1) is 11.8 Å². The van der Waals surface area contributed by atoms with E-state index in [0.717, 1.165) is 45.1 Å². The smallest absolute Gasteiger partial charge is 0.191 e. The number of hydrogen-bond acceptors (Lipinski definition) is 3. The standard InChI is InChI=1S/C25H48O3Si/c1-9-20(2)14-15-22-12-10-17-25(27-22)18-16-21(3)23(28-25)13-11-19-26-29(7,8)24(4,5)6/h9,20-23H,1,10-19H2,2-8H3/t20-,21?,22+,23-,25+/m1/s1. The Morgan fingerprint density at radius 1 is 1.17 bits per heavy atom. The van der Waals surface area contributed by atoms with E-state index in [1.165, 1.54) is 19.3 Å². The first kappa shape index (κ1) is 25.1. The van der Waals surface area contributed by atoms with E-state index in [9.17, 15) is 0 Å². The molecule has 1 spiro atoms. The third-order valence-electron chi connectivity index (χ3n) is 7.70. The van der Waals surface area contributed by atoms with Crippen molar-refractivity contribution in [3.8, 4) is 0 Å². The lowest BCUT2D eigenvalue weighted by molar-refractivity contribution is -0.324. The van der Waals surface area contributed by atoms with Gasteiger partial charge in [0.25, 0.3) is 0 Å². The molecule has 4 heteroatoms. The van der Waals surface area contributed by atoms with Crippen molar-refractivity contribution in [3.63, 3.8) is 0 Å². The largest absolute Gasteiger partial charge is 0.417 e. The number of ether oxygens (including phenoxy) is 2. The zero-order valence-electron chi connectivity index (χ0n) is 20.4. The van der Waals surface area contributed by atoms with Crippen LogP contribution in [0.4, 0.5) is 0 Å². The molecule has 0 aliphatic carbocycles. The maximum atomic E-state index is 6.70. The molecule has 2 heterocycles. The quantitative estimate of drug-likeness (QED) is 0.218. The molecular formula is C25H48O3Si. The first-order valence-corrected chi connectivity index (χ1v) is 15.0. The van der Waals surface area contributed by atoms with Crippen molar-refractivity contribution in [1.29, 1.82) is 0 Å². The van der Waals surface area contributed by atoms with Crippen LogP contribution in [0.1, 0.15) is 92.4 Å². The van der Waals surface area contributed by atoms with Crippen molar-refractivity contribution < 1.29 is 13.9 Å². The molecule has 0 bridgehead atoms. The number of allylic oxidation sites excluding steroid dienone is 1. The molecule has 0 aromatic heterocycles. The summed E-state index contributed by atoms with van der Waals surface area (Å²) in [6.07, 6.45) is 12.9. The lowest BCUT2D eigenvalue weighted by Gasteiger charge is -2.48. The number of hydrogen-bond donors (Lipinski definition) is 0. The average molecular weight is 425 g/mol. The molecule has 2 saturated heterocycles. The molecule has 2 fully saturated rings. The maximum Gasteiger partial charge on any atom is 0.191 e. The maximum absolute atomic E-state index is 6.70. The minimum Gasteiger partial charge on any atom is -0.417 e. The van der Waals surface area contributed by atoms with E-state index >= 15 is 0 Å². The third-order valence-corrected chi connectivity index (χ3v) is 12.2. The molecular weight excluding hydrogens is 376 g/mol. The van der Waals surface area contributed by atoms with Gasteiger partial charge in [0.1, 0.15) is 0 Å². The summed E-state index contributed by atoms with van der Waals surface area (Å²) in [5, 5.41) is 0.278. The van der Waals surface area contributed by atoms with Crippen molar-refractivity contribution in [2.24, 2.45) is 11.8 Å². The fourth-order valence-electron chi connectivity index (χ4n) is 4.32. The second-order valence-electron chi connectivity index (χ2n) is 11.3. The van der Waals surface area contributed by atoms with Gasteiger partial charge in [-0.3, -0.25) is 0 Å². The fraction of sp³-hybridized carbons (Fsp3) is 0.920. The van der Waals surface area contributed by atoms with Crippen LogP contribution in [0.15, 0.2) is 12.7 Å². The molecule has 5 atom stereocenters. The summed E-state index contributed by atoms with van der Waals surface area (Å²) in [5.41, 5.74) is 0. The van der Waals surface area contributed by atoms with E-state index in [0.29, 0.717) is 24.0 Å². The van der Waals surface area contributed by atoms with Crippen LogP contribution in [0.2, 0.25) is 18.1 Å². The van der Waals surface area contributed by atoms with Gasteiger partial charge in [-0.05, 0) is 74.9 Å². The van der Waals surface area contributed by atoms with Gasteiger partial charge in [-0.25, -0.2) is 0 Å². The molecule has 0 saturated carbocycles. The molecule has 0 N–H and O–H groups in total. The normalized spacial score (nSPS) is 32.3. The fourth-order valence-corrected chi connectivity index (χ4v) is 5.41. The second kappa shape index (κ2) is 10.4. The molecule has 0 aromatic carbocycles. The Kier molecular flexibility index (Phi) is 9.03. The lowest BCUT2D eigenvalue weighted by atomic mass is 9.85. The summed E-state index contributed by atoms with van der Waals surface area (Å²) in [7, 11) is -1.65. The van der Waals surface area contributed by atoms with E-state index in [2.05, 4.69) is 60.4 Å². The predicted molar refractivity (Wildman–Crippen MR) is 126 cm³/mol. The van der Waals surface area contributed by atoms with Gasteiger partial charge in [0, 0.05) is 19.4 Å². The highest BCUT2D eigenvalue weighted by atomic mass is 28.4. The van der Waals surface area contributed by atoms with Crippen LogP contribution >= 0.6 is 0 Å². The van der Waals surface area contributed by atoms with Crippen molar-refractivity contribution in [1.82, 2.24) is 0 Å². The van der Waals surface area contributed by atoms with Crippen LogP contribution in [0.25, 0.3) is 0 Å². The molecule has 2 rings (SSSR count). The molecule has 1 unspecified atom stereocenters. The van der Waals surface area contributed by atoms with E-state index in [1.807, 2.05) is 0 Å². The number of rotatable bonds is 9. The van der Waals surface area contributed by atoms with Gasteiger partial charge >= 0.3 is 0 Å². The van der Waals surface area contributed by atoms with E-state index in [-0.39, 0.29) is 10.8 Å². The average Bonchev–Trinajstić information content (AvgIpc) is 2.65. The monoisotopic (exact) mass is 424 g/mol. The highest BCUT2D eigenvalue weighted by molar-refractivity contribution is 6.74. The van der Waals surface area contributed by atoms with Crippen molar-refractivity contribution in [2.75, 3.05) is 6.61 Å². The Balaban J connectivity index is 1.83. The van der Waals surface area contributed by atoms with Gasteiger partial charge in [0.15, 0.2) is 14.1 Å². The van der Waals surface area contributed by atoms with E-state index in [4.69, 9.17) is 13.9 Å². The van der Waals surface area contributed by atoms with E-state index in [1.54, 1.807) is 0 Å². The zero-order chi connectivity index (χ0) is 21.7. The third kappa shape index (κ3) is 7.19. The Hall–Kier alpha value is -0.163. The lowest BCUT2D eigenvalue weighted by Crippen LogP contribution is -2.50. The summed E-state index contributed by atoms with van der Waals surface area (Å²) >= 11 is 0. The van der Waals surface area contributed by atoms with Gasteiger partial charge in [-0.1, -0.05) is 40.7 Å². The van der Waals surface area contributed by atoms with E-state index < -0.39 is 8.32 Å². The first-order valence-electron chi connectivity index (χ1n) is 12.1. The molecule has 2 aliphatic rings. The van der Waals surface area contributed by atoms with Crippen LogP contribution < -0.4 is 0 Å². The summed E-state index contributed by atoms with van der Waals surface area (Å²) in [6.45, 7) is 21.0. The molecule has 2 aliphatic heterocycles. The Labute approximate surface area is 182 Å². The van der Waals surface area contributed by atoms with Crippen LogP contribution in [-0.2, 0) is 13.9 Å². The molecule has 170 valence electrons. The molecule has 3 nitrogen and oxygen atoms in total. The van der Waals surface area contributed by atoms with Gasteiger partial charge in [0.2, 0.25) is 0 Å². The molecule has 29 heavy (non-hydrogen) atoms. The molecule has 0 radical (unpaired) electrons. The predicted octanol–water partition coefficient (Wildman–Crippen LogP) is 7.47. The summed E-state index contributed by atoms with van der Waals surface area (Å²) in [4.78, 5) is 0. The summed E-state index contributed by atoms with van der Waals surface area (Å²) in [5.74, 6) is 0.855. The Bertz CT molecular complexity index is 513. The van der Waals surface area contributed by atoms with Gasteiger partial charge in [-0.15, -0.1) is 6.58 Å². The van der Waals surface area contributed by atoms with Gasteiger partial charge < -0.3 is 13.9 Å². The Morgan fingerprint density at radius 2 is 1.90 bits per heavy atom. The van der Waals surface area contributed by atoms with Crippen LogP contribution in [-0.4, -0.2) is 32.9 Å². The Morgan fingerprint density at radius 3 is 2.55 bits per heavy atom.